The van der Waals surface area contributed by atoms with Gasteiger partial charge >= 0.3 is 0 Å². The Morgan fingerprint density at radius 2 is 2.33 bits per heavy atom. The van der Waals surface area contributed by atoms with E-state index in [1.54, 1.807) is 0 Å². The van der Waals surface area contributed by atoms with Crippen LogP contribution >= 0.6 is 0 Å². The van der Waals surface area contributed by atoms with Crippen LogP contribution in [0.15, 0.2) is 0 Å². The average Bonchev–Trinajstić information content (AvgIpc) is 2.10. The van der Waals surface area contributed by atoms with Gasteiger partial charge in [0.15, 0.2) is 0 Å². The molecule has 0 spiro atoms. The van der Waals surface area contributed by atoms with Gasteiger partial charge in [-0.3, -0.25) is 0 Å². The lowest BCUT2D eigenvalue weighted by atomic mass is 10.1. The van der Waals surface area contributed by atoms with Gasteiger partial charge in [0.1, 0.15) is 0 Å². The summed E-state index contributed by atoms with van der Waals surface area (Å²) in [6.45, 7) is 4.03. The predicted molar refractivity (Wildman–Crippen MR) is 35.2 cm³/mol. The maximum Gasteiger partial charge on any atom is 0.0835 e. The minimum atomic E-state index is -0.218. The fourth-order valence-electron chi connectivity index (χ4n) is 1.30. The van der Waals surface area contributed by atoms with Gasteiger partial charge in [-0.15, -0.1) is 0 Å². The second kappa shape index (κ2) is 2.67. The summed E-state index contributed by atoms with van der Waals surface area (Å²) in [4.78, 5) is 0. The fraction of sp³-hybridized carbons (Fsp3) is 1.00. The summed E-state index contributed by atoms with van der Waals surface area (Å²) >= 11 is 0. The van der Waals surface area contributed by atoms with Gasteiger partial charge in [0.05, 0.1) is 18.3 Å². The van der Waals surface area contributed by atoms with Gasteiger partial charge in [-0.05, 0) is 13.3 Å². The Labute approximate surface area is 55.8 Å². The van der Waals surface area contributed by atoms with Crippen LogP contribution in [0.5, 0.6) is 0 Å². The minimum Gasteiger partial charge on any atom is -0.390 e. The molecule has 1 saturated heterocycles. The molecule has 3 atom stereocenters. The van der Waals surface area contributed by atoms with Gasteiger partial charge in [-0.1, -0.05) is 6.92 Å². The molecule has 9 heavy (non-hydrogen) atoms. The van der Waals surface area contributed by atoms with Crippen LogP contribution in [0.3, 0.4) is 0 Å². The molecule has 0 aromatic carbocycles. The Kier molecular flexibility index (Phi) is 2.09. The first-order valence-electron chi connectivity index (χ1n) is 3.57. The van der Waals surface area contributed by atoms with Crippen LogP contribution in [0, 0.1) is 0 Å². The summed E-state index contributed by atoms with van der Waals surface area (Å²) in [7, 11) is 0. The van der Waals surface area contributed by atoms with E-state index in [0.29, 0.717) is 0 Å². The van der Waals surface area contributed by atoms with Crippen molar-refractivity contribution in [3.8, 4) is 0 Å². The molecule has 1 N–H and O–H groups in total. The molecule has 54 valence electrons. The molecule has 0 aromatic heterocycles. The lowest BCUT2D eigenvalue weighted by Crippen LogP contribution is -2.18. The highest BCUT2D eigenvalue weighted by Crippen LogP contribution is 2.21. The van der Waals surface area contributed by atoms with Crippen molar-refractivity contribution in [1.29, 1.82) is 0 Å². The topological polar surface area (TPSA) is 29.5 Å². The summed E-state index contributed by atoms with van der Waals surface area (Å²) in [6, 6.07) is 0. The Hall–Kier alpha value is -0.0800. The number of aliphatic hydroxyl groups excluding tert-OH is 1. The zero-order valence-corrected chi connectivity index (χ0v) is 6.00. The molecule has 2 nitrogen and oxygen atoms in total. The van der Waals surface area contributed by atoms with Crippen LogP contribution in [0.25, 0.3) is 0 Å². The maximum atomic E-state index is 9.23. The lowest BCUT2D eigenvalue weighted by molar-refractivity contribution is 0.0144. The second-order valence-corrected chi connectivity index (χ2v) is 2.70. The van der Waals surface area contributed by atoms with Gasteiger partial charge in [-0.25, -0.2) is 0 Å². The van der Waals surface area contributed by atoms with E-state index in [-0.39, 0.29) is 18.3 Å². The van der Waals surface area contributed by atoms with E-state index in [1.165, 1.54) is 0 Å². The first kappa shape index (κ1) is 7.03. The van der Waals surface area contributed by atoms with E-state index in [4.69, 9.17) is 4.74 Å². The maximum absolute atomic E-state index is 9.23. The highest BCUT2D eigenvalue weighted by atomic mass is 16.5. The van der Waals surface area contributed by atoms with Crippen molar-refractivity contribution < 1.29 is 9.84 Å². The number of ether oxygens (including phenoxy) is 1. The molecular formula is C7H14O2. The Morgan fingerprint density at radius 3 is 2.56 bits per heavy atom. The monoisotopic (exact) mass is 130 g/mol. The van der Waals surface area contributed by atoms with Crippen LogP contribution in [0.2, 0.25) is 0 Å². The predicted octanol–water partition coefficient (Wildman–Crippen LogP) is 0.935. The van der Waals surface area contributed by atoms with Crippen molar-refractivity contribution in [3.63, 3.8) is 0 Å². The number of rotatable bonds is 1. The van der Waals surface area contributed by atoms with Crippen molar-refractivity contribution in [1.82, 2.24) is 0 Å². The molecule has 0 aliphatic carbocycles. The standard InChI is InChI=1S/C7H14O2/c1-3-7-6(8)4-5(2)9-7/h5-8H,3-4H2,1-2H3. The smallest absolute Gasteiger partial charge is 0.0835 e. The number of hydrogen-bond donors (Lipinski definition) is 1. The minimum absolute atomic E-state index is 0.0972. The van der Waals surface area contributed by atoms with Gasteiger partial charge in [-0.2, -0.15) is 0 Å². The quantitative estimate of drug-likeness (QED) is 0.572. The van der Waals surface area contributed by atoms with Crippen LogP contribution in [-0.2, 0) is 4.74 Å². The summed E-state index contributed by atoms with van der Waals surface area (Å²) in [5.74, 6) is 0. The average molecular weight is 130 g/mol. The van der Waals surface area contributed by atoms with E-state index in [2.05, 4.69) is 0 Å². The van der Waals surface area contributed by atoms with E-state index in [9.17, 15) is 5.11 Å². The summed E-state index contributed by atoms with van der Waals surface area (Å²) in [5, 5.41) is 9.23. The molecule has 1 aliphatic heterocycles. The van der Waals surface area contributed by atoms with E-state index < -0.39 is 0 Å². The van der Waals surface area contributed by atoms with Crippen molar-refractivity contribution >= 4 is 0 Å². The third-order valence-corrected chi connectivity index (χ3v) is 1.81. The molecule has 1 rings (SSSR count). The first-order chi connectivity index (χ1) is 4.24. The Morgan fingerprint density at radius 1 is 1.67 bits per heavy atom. The lowest BCUT2D eigenvalue weighted by Gasteiger charge is -2.09. The van der Waals surface area contributed by atoms with Gasteiger partial charge in [0, 0.05) is 6.42 Å². The summed E-state index contributed by atoms with van der Waals surface area (Å²) in [6.07, 6.45) is 1.86. The SMILES string of the molecule is CCC1OC(C)CC1O. The molecule has 0 aromatic rings. The number of hydrogen-bond acceptors (Lipinski definition) is 2. The Bertz CT molecular complexity index is 92.9. The molecule has 2 heteroatoms. The summed E-state index contributed by atoms with van der Waals surface area (Å²) in [5.41, 5.74) is 0. The molecule has 1 fully saturated rings. The highest BCUT2D eigenvalue weighted by molar-refractivity contribution is 4.78. The Balaban J connectivity index is 2.38. The van der Waals surface area contributed by atoms with E-state index >= 15 is 0 Å². The van der Waals surface area contributed by atoms with E-state index in [1.807, 2.05) is 13.8 Å². The fourth-order valence-corrected chi connectivity index (χ4v) is 1.30. The van der Waals surface area contributed by atoms with Gasteiger partial charge in [0.25, 0.3) is 0 Å². The van der Waals surface area contributed by atoms with Gasteiger partial charge < -0.3 is 9.84 Å². The molecule has 0 bridgehead atoms. The molecule has 3 unspecified atom stereocenters. The van der Waals surface area contributed by atoms with Gasteiger partial charge in [0.2, 0.25) is 0 Å². The van der Waals surface area contributed by atoms with Crippen molar-refractivity contribution in [3.05, 3.63) is 0 Å². The zero-order valence-electron chi connectivity index (χ0n) is 6.00. The summed E-state index contributed by atoms with van der Waals surface area (Å²) < 4.78 is 5.37. The third kappa shape index (κ3) is 1.43. The zero-order chi connectivity index (χ0) is 6.85. The first-order valence-corrected chi connectivity index (χ1v) is 3.57. The van der Waals surface area contributed by atoms with Crippen LogP contribution in [-0.4, -0.2) is 23.4 Å². The molecule has 0 radical (unpaired) electrons. The normalized spacial score (nSPS) is 43.7. The molecule has 0 saturated carbocycles. The van der Waals surface area contributed by atoms with Crippen molar-refractivity contribution in [2.75, 3.05) is 0 Å². The molecule has 1 heterocycles. The van der Waals surface area contributed by atoms with Crippen LogP contribution in [0.1, 0.15) is 26.7 Å². The molecule has 0 amide bonds. The largest absolute Gasteiger partial charge is 0.390 e. The molecule has 1 aliphatic rings. The van der Waals surface area contributed by atoms with Crippen molar-refractivity contribution in [2.45, 2.75) is 45.0 Å². The van der Waals surface area contributed by atoms with Crippen LogP contribution in [0.4, 0.5) is 0 Å². The number of aliphatic hydroxyl groups is 1. The molecular weight excluding hydrogens is 116 g/mol. The highest BCUT2D eigenvalue weighted by Gasteiger charge is 2.29. The van der Waals surface area contributed by atoms with Crippen LogP contribution < -0.4 is 0 Å². The third-order valence-electron chi connectivity index (χ3n) is 1.81. The second-order valence-electron chi connectivity index (χ2n) is 2.70. The van der Waals surface area contributed by atoms with Crippen molar-refractivity contribution in [2.24, 2.45) is 0 Å². The van der Waals surface area contributed by atoms with E-state index in [0.717, 1.165) is 12.8 Å².